The van der Waals surface area contributed by atoms with Crippen LogP contribution in [0, 0.1) is 0 Å². The van der Waals surface area contributed by atoms with Crippen LogP contribution < -0.4 is 14.4 Å². The first-order valence-electron chi connectivity index (χ1n) is 11.3. The Morgan fingerprint density at radius 2 is 1.79 bits per heavy atom. The van der Waals surface area contributed by atoms with Gasteiger partial charge in [-0.05, 0) is 49.2 Å². The number of para-hydroxylation sites is 1. The second-order valence-corrected chi connectivity index (χ2v) is 8.08. The van der Waals surface area contributed by atoms with E-state index in [-0.39, 0.29) is 18.6 Å². The van der Waals surface area contributed by atoms with Crippen molar-refractivity contribution < 1.29 is 28.5 Å². The zero-order valence-electron chi connectivity index (χ0n) is 18.9. The monoisotopic (exact) mass is 454 g/mol. The number of hydrogen-bond donors (Lipinski definition) is 0. The number of rotatable bonds is 8. The fourth-order valence-corrected chi connectivity index (χ4v) is 4.02. The summed E-state index contributed by atoms with van der Waals surface area (Å²) in [6.45, 7) is 3.42. The number of ether oxygens (including phenoxy) is 4. The van der Waals surface area contributed by atoms with Crippen LogP contribution in [0.2, 0.25) is 0 Å². The smallest absolute Gasteiger partial charge is 0.342 e. The summed E-state index contributed by atoms with van der Waals surface area (Å²) < 4.78 is 21.9. The quantitative estimate of drug-likeness (QED) is 0.568. The Morgan fingerprint density at radius 1 is 1.03 bits per heavy atom. The molecule has 1 atom stereocenters. The molecule has 0 unspecified atom stereocenters. The summed E-state index contributed by atoms with van der Waals surface area (Å²) in [7, 11) is 1.64. The molecular formula is C25H30N2O6. The standard InChI is InChI=1S/C25H30N2O6/c1-30-20-10-8-19(9-11-20)26-12-14-27(15-13-26)24(28)18-33-25(29)22-6-2-3-7-23(22)32-17-21-5-4-16-31-21/h2-3,6-11,21H,4-5,12-18H2,1H3/t21-/m0/s1. The average Bonchev–Trinajstić information content (AvgIpc) is 3.40. The molecule has 2 heterocycles. The van der Waals surface area contributed by atoms with Gasteiger partial charge in [0.1, 0.15) is 23.7 Å². The first-order valence-corrected chi connectivity index (χ1v) is 11.3. The average molecular weight is 455 g/mol. The molecule has 1 amide bonds. The first-order chi connectivity index (χ1) is 16.1. The predicted octanol–water partition coefficient (Wildman–Crippen LogP) is 2.76. The highest BCUT2D eigenvalue weighted by Gasteiger charge is 2.24. The molecule has 176 valence electrons. The van der Waals surface area contributed by atoms with Crippen LogP contribution in [0.15, 0.2) is 48.5 Å². The van der Waals surface area contributed by atoms with Gasteiger partial charge in [0.25, 0.3) is 5.91 Å². The van der Waals surface area contributed by atoms with Gasteiger partial charge in [0.15, 0.2) is 6.61 Å². The molecule has 2 fully saturated rings. The van der Waals surface area contributed by atoms with Crippen LogP contribution in [0.5, 0.6) is 11.5 Å². The van der Waals surface area contributed by atoms with Gasteiger partial charge in [0, 0.05) is 38.5 Å². The van der Waals surface area contributed by atoms with Crippen molar-refractivity contribution in [2.45, 2.75) is 18.9 Å². The summed E-state index contributed by atoms with van der Waals surface area (Å²) in [5, 5.41) is 0. The Morgan fingerprint density at radius 3 is 2.48 bits per heavy atom. The van der Waals surface area contributed by atoms with Gasteiger partial charge in [-0.1, -0.05) is 12.1 Å². The van der Waals surface area contributed by atoms with Crippen molar-refractivity contribution in [3.8, 4) is 11.5 Å². The molecule has 2 saturated heterocycles. The molecule has 0 radical (unpaired) electrons. The third-order valence-corrected chi connectivity index (χ3v) is 5.95. The largest absolute Gasteiger partial charge is 0.497 e. The molecule has 8 heteroatoms. The molecule has 0 bridgehead atoms. The molecule has 0 spiro atoms. The number of hydrogen-bond acceptors (Lipinski definition) is 7. The Balaban J connectivity index is 1.25. The number of nitrogens with zero attached hydrogens (tertiary/aromatic N) is 2. The van der Waals surface area contributed by atoms with E-state index in [0.29, 0.717) is 44.1 Å². The van der Waals surface area contributed by atoms with E-state index < -0.39 is 5.97 Å². The van der Waals surface area contributed by atoms with E-state index in [9.17, 15) is 9.59 Å². The normalized spacial score (nSPS) is 18.2. The third-order valence-electron chi connectivity index (χ3n) is 5.95. The van der Waals surface area contributed by atoms with E-state index in [1.54, 1.807) is 36.3 Å². The first kappa shape index (κ1) is 22.9. The van der Waals surface area contributed by atoms with E-state index in [2.05, 4.69) is 4.90 Å². The van der Waals surface area contributed by atoms with Gasteiger partial charge in [-0.15, -0.1) is 0 Å². The highest BCUT2D eigenvalue weighted by atomic mass is 16.5. The topological polar surface area (TPSA) is 77.5 Å². The maximum Gasteiger partial charge on any atom is 0.342 e. The number of esters is 1. The second-order valence-electron chi connectivity index (χ2n) is 8.08. The Hall–Kier alpha value is -3.26. The molecule has 33 heavy (non-hydrogen) atoms. The van der Waals surface area contributed by atoms with Gasteiger partial charge in [-0.25, -0.2) is 4.79 Å². The lowest BCUT2D eigenvalue weighted by Crippen LogP contribution is -2.49. The van der Waals surface area contributed by atoms with Gasteiger partial charge in [-0.2, -0.15) is 0 Å². The van der Waals surface area contributed by atoms with Crippen molar-refractivity contribution in [1.82, 2.24) is 4.90 Å². The number of carbonyl (C=O) groups excluding carboxylic acids is 2. The molecule has 0 aliphatic carbocycles. The number of anilines is 1. The molecule has 2 aromatic rings. The van der Waals surface area contributed by atoms with Gasteiger partial charge >= 0.3 is 5.97 Å². The molecule has 2 aromatic carbocycles. The van der Waals surface area contributed by atoms with Crippen LogP contribution >= 0.6 is 0 Å². The summed E-state index contributed by atoms with van der Waals surface area (Å²) in [5.74, 6) is 0.491. The molecule has 2 aliphatic heterocycles. The van der Waals surface area contributed by atoms with Crippen molar-refractivity contribution in [3.05, 3.63) is 54.1 Å². The number of benzene rings is 2. The molecule has 2 aliphatic rings. The van der Waals surface area contributed by atoms with Gasteiger partial charge in [0.2, 0.25) is 0 Å². The molecule has 8 nitrogen and oxygen atoms in total. The second kappa shape index (κ2) is 11.0. The number of piperazine rings is 1. The predicted molar refractivity (Wildman–Crippen MR) is 123 cm³/mol. The zero-order chi connectivity index (χ0) is 23.0. The Bertz CT molecular complexity index is 934. The lowest BCUT2D eigenvalue weighted by Gasteiger charge is -2.36. The van der Waals surface area contributed by atoms with E-state index in [1.807, 2.05) is 24.3 Å². The summed E-state index contributed by atoms with van der Waals surface area (Å²) in [6.07, 6.45) is 2.02. The van der Waals surface area contributed by atoms with Gasteiger partial charge in [0.05, 0.1) is 13.2 Å². The van der Waals surface area contributed by atoms with Crippen LogP contribution in [-0.2, 0) is 14.3 Å². The van der Waals surface area contributed by atoms with Crippen LogP contribution in [0.4, 0.5) is 5.69 Å². The van der Waals surface area contributed by atoms with Crippen LogP contribution in [0.3, 0.4) is 0 Å². The van der Waals surface area contributed by atoms with E-state index in [0.717, 1.165) is 30.9 Å². The van der Waals surface area contributed by atoms with Crippen molar-refractivity contribution >= 4 is 17.6 Å². The number of carbonyl (C=O) groups is 2. The summed E-state index contributed by atoms with van der Waals surface area (Å²) in [5.41, 5.74) is 1.40. The van der Waals surface area contributed by atoms with Crippen LogP contribution in [0.1, 0.15) is 23.2 Å². The molecule has 0 aromatic heterocycles. The molecule has 0 saturated carbocycles. The lowest BCUT2D eigenvalue weighted by molar-refractivity contribution is -0.134. The van der Waals surface area contributed by atoms with Crippen molar-refractivity contribution in [2.75, 3.05) is 58.0 Å². The summed E-state index contributed by atoms with van der Waals surface area (Å²) in [4.78, 5) is 29.2. The summed E-state index contributed by atoms with van der Waals surface area (Å²) >= 11 is 0. The fraction of sp³-hybridized carbons (Fsp3) is 0.440. The number of methoxy groups -OCH3 is 1. The zero-order valence-corrected chi connectivity index (χ0v) is 18.9. The van der Waals surface area contributed by atoms with Crippen molar-refractivity contribution in [3.63, 3.8) is 0 Å². The molecule has 0 N–H and O–H groups in total. The van der Waals surface area contributed by atoms with Crippen LogP contribution in [0.25, 0.3) is 0 Å². The minimum absolute atomic E-state index is 0.0484. The third kappa shape index (κ3) is 5.96. The van der Waals surface area contributed by atoms with Gasteiger partial charge < -0.3 is 28.7 Å². The SMILES string of the molecule is COc1ccc(N2CCN(C(=O)COC(=O)c3ccccc3OC[C@@H]3CCCO3)CC2)cc1. The van der Waals surface area contributed by atoms with Crippen LogP contribution in [-0.4, -0.2) is 76.0 Å². The van der Waals surface area contributed by atoms with Gasteiger partial charge in [-0.3, -0.25) is 4.79 Å². The summed E-state index contributed by atoms with van der Waals surface area (Å²) in [6, 6.07) is 14.8. The molecule has 4 rings (SSSR count). The Labute approximate surface area is 194 Å². The minimum atomic E-state index is -0.567. The van der Waals surface area contributed by atoms with E-state index >= 15 is 0 Å². The fourth-order valence-electron chi connectivity index (χ4n) is 4.02. The maximum atomic E-state index is 12.6. The van der Waals surface area contributed by atoms with Crippen molar-refractivity contribution in [1.29, 1.82) is 0 Å². The highest BCUT2D eigenvalue weighted by molar-refractivity contribution is 5.94. The number of amides is 1. The van der Waals surface area contributed by atoms with E-state index in [4.69, 9.17) is 18.9 Å². The van der Waals surface area contributed by atoms with Crippen molar-refractivity contribution in [2.24, 2.45) is 0 Å². The Kier molecular flexibility index (Phi) is 7.67. The lowest BCUT2D eigenvalue weighted by atomic mass is 10.2. The minimum Gasteiger partial charge on any atom is -0.497 e. The highest BCUT2D eigenvalue weighted by Crippen LogP contribution is 2.22. The maximum absolute atomic E-state index is 12.6. The molecular weight excluding hydrogens is 424 g/mol. The van der Waals surface area contributed by atoms with E-state index in [1.165, 1.54) is 0 Å².